The first-order chi connectivity index (χ1) is 10.7. The van der Waals surface area contributed by atoms with Crippen molar-refractivity contribution in [1.82, 2.24) is 19.7 Å². The Morgan fingerprint density at radius 2 is 2.09 bits per heavy atom. The van der Waals surface area contributed by atoms with Gasteiger partial charge in [0.1, 0.15) is 31.0 Å². The maximum atomic E-state index is 9.87. The van der Waals surface area contributed by atoms with Crippen molar-refractivity contribution in [1.29, 1.82) is 0 Å². The van der Waals surface area contributed by atoms with Gasteiger partial charge in [-0.1, -0.05) is 0 Å². The van der Waals surface area contributed by atoms with Crippen LogP contribution in [0.4, 0.5) is 0 Å². The molecule has 22 heavy (non-hydrogen) atoms. The third-order valence-electron chi connectivity index (χ3n) is 3.27. The van der Waals surface area contributed by atoms with Crippen LogP contribution in [-0.4, -0.2) is 72.8 Å². The van der Waals surface area contributed by atoms with Crippen molar-refractivity contribution in [3.63, 3.8) is 0 Å². The lowest BCUT2D eigenvalue weighted by molar-refractivity contribution is -0.169. The van der Waals surface area contributed by atoms with Crippen LogP contribution >= 0.6 is 0 Å². The van der Waals surface area contributed by atoms with Gasteiger partial charge in [-0.15, -0.1) is 4.73 Å². The lowest BCUT2D eigenvalue weighted by Crippen LogP contribution is -2.38. The van der Waals surface area contributed by atoms with E-state index in [0.29, 0.717) is 23.7 Å². The van der Waals surface area contributed by atoms with Crippen LogP contribution in [0.3, 0.4) is 0 Å². The molecule has 120 valence electrons. The molecule has 10 heteroatoms. The average molecular weight is 312 g/mol. The standard InChI is InChI=1S/C12H16N4O6/c1-2-20-11-7-10(13-4-14-11)16(5-15-7)22-12-9(19)8(18)6(3-17)21-12/h4-6,8-9,12,17-19H,2-3H2,1H3/t6-,8-,9+,12-/m1/s1. The first kappa shape index (κ1) is 14.9. The zero-order valence-electron chi connectivity index (χ0n) is 11.7. The molecular weight excluding hydrogens is 296 g/mol. The van der Waals surface area contributed by atoms with Crippen LogP contribution in [0.25, 0.3) is 11.2 Å². The van der Waals surface area contributed by atoms with Crippen LogP contribution in [0, 0.1) is 0 Å². The van der Waals surface area contributed by atoms with Crippen molar-refractivity contribution in [2.45, 2.75) is 31.5 Å². The van der Waals surface area contributed by atoms with E-state index in [2.05, 4.69) is 15.0 Å². The van der Waals surface area contributed by atoms with Crippen molar-refractivity contribution >= 4 is 11.2 Å². The minimum Gasteiger partial charge on any atom is -0.476 e. The summed E-state index contributed by atoms with van der Waals surface area (Å²) in [6.07, 6.45) is -1.98. The smallest absolute Gasteiger partial charge is 0.254 e. The normalized spacial score (nSPS) is 28.2. The molecule has 1 aliphatic rings. The lowest BCUT2D eigenvalue weighted by atomic mass is 10.1. The van der Waals surface area contributed by atoms with Gasteiger partial charge < -0.3 is 29.6 Å². The predicted octanol–water partition coefficient (Wildman–Crippen LogP) is -1.91. The molecule has 0 aliphatic carbocycles. The van der Waals surface area contributed by atoms with Crippen molar-refractivity contribution in [3.05, 3.63) is 12.7 Å². The summed E-state index contributed by atoms with van der Waals surface area (Å²) < 4.78 is 11.8. The van der Waals surface area contributed by atoms with Crippen molar-refractivity contribution in [2.24, 2.45) is 0 Å². The highest BCUT2D eigenvalue weighted by Crippen LogP contribution is 2.23. The van der Waals surface area contributed by atoms with Crippen LogP contribution in [0.1, 0.15) is 6.92 Å². The molecule has 0 bridgehead atoms. The monoisotopic (exact) mass is 312 g/mol. The van der Waals surface area contributed by atoms with E-state index in [1.54, 1.807) is 0 Å². The third kappa shape index (κ3) is 2.46. The number of aliphatic hydroxyl groups excluding tert-OH is 3. The minimum atomic E-state index is -1.30. The van der Waals surface area contributed by atoms with Gasteiger partial charge in [0.05, 0.1) is 13.2 Å². The molecule has 3 rings (SSSR count). The molecule has 2 aromatic heterocycles. The molecule has 1 fully saturated rings. The van der Waals surface area contributed by atoms with Gasteiger partial charge in [-0.25, -0.2) is 9.97 Å². The Kier molecular flexibility index (Phi) is 4.07. The van der Waals surface area contributed by atoms with Gasteiger partial charge in [-0.3, -0.25) is 0 Å². The molecule has 2 aromatic rings. The van der Waals surface area contributed by atoms with Crippen LogP contribution in [0.15, 0.2) is 12.7 Å². The molecule has 3 heterocycles. The first-order valence-corrected chi connectivity index (χ1v) is 6.76. The predicted molar refractivity (Wildman–Crippen MR) is 70.8 cm³/mol. The molecule has 4 atom stereocenters. The summed E-state index contributed by atoms with van der Waals surface area (Å²) in [5.74, 6) is 0.316. The fourth-order valence-corrected chi connectivity index (χ4v) is 2.18. The summed E-state index contributed by atoms with van der Waals surface area (Å²) >= 11 is 0. The number of aliphatic hydroxyl groups is 3. The number of ether oxygens (including phenoxy) is 2. The highest BCUT2D eigenvalue weighted by molar-refractivity contribution is 5.75. The zero-order chi connectivity index (χ0) is 15.7. The summed E-state index contributed by atoms with van der Waals surface area (Å²) in [6.45, 7) is 1.81. The Morgan fingerprint density at radius 3 is 2.77 bits per heavy atom. The van der Waals surface area contributed by atoms with Gasteiger partial charge in [-0.2, -0.15) is 4.98 Å². The van der Waals surface area contributed by atoms with Crippen LogP contribution < -0.4 is 9.57 Å². The molecule has 0 saturated carbocycles. The highest BCUT2D eigenvalue weighted by Gasteiger charge is 2.44. The van der Waals surface area contributed by atoms with E-state index in [4.69, 9.17) is 19.4 Å². The maximum Gasteiger partial charge on any atom is 0.254 e. The summed E-state index contributed by atoms with van der Waals surface area (Å²) in [5, 5.41) is 28.6. The third-order valence-corrected chi connectivity index (χ3v) is 3.27. The van der Waals surface area contributed by atoms with E-state index < -0.39 is 31.2 Å². The van der Waals surface area contributed by atoms with Crippen molar-refractivity contribution < 1.29 is 29.6 Å². The molecule has 10 nitrogen and oxygen atoms in total. The number of nitrogens with zero attached hydrogens (tertiary/aromatic N) is 4. The van der Waals surface area contributed by atoms with Crippen molar-refractivity contribution in [2.75, 3.05) is 13.2 Å². The molecule has 0 unspecified atom stereocenters. The van der Waals surface area contributed by atoms with E-state index >= 15 is 0 Å². The second-order valence-electron chi connectivity index (χ2n) is 4.67. The number of fused-ring (bicyclic) bond motifs is 1. The Bertz CT molecular complexity index is 650. The molecular formula is C12H16N4O6. The number of aromatic nitrogens is 4. The molecule has 0 amide bonds. The molecule has 1 saturated heterocycles. The number of imidazole rings is 1. The second kappa shape index (κ2) is 6.01. The Labute approximate surface area is 124 Å². The van der Waals surface area contributed by atoms with Crippen LogP contribution in [0.2, 0.25) is 0 Å². The molecule has 0 spiro atoms. The second-order valence-corrected chi connectivity index (χ2v) is 4.67. The van der Waals surface area contributed by atoms with Crippen LogP contribution in [0.5, 0.6) is 5.88 Å². The van der Waals surface area contributed by atoms with Crippen LogP contribution in [-0.2, 0) is 4.74 Å². The Morgan fingerprint density at radius 1 is 1.27 bits per heavy atom. The first-order valence-electron chi connectivity index (χ1n) is 6.76. The number of hydrogen-bond acceptors (Lipinski definition) is 9. The largest absolute Gasteiger partial charge is 0.476 e. The summed E-state index contributed by atoms with van der Waals surface area (Å²) in [7, 11) is 0. The topological polar surface area (TPSA) is 132 Å². The van der Waals surface area contributed by atoms with Gasteiger partial charge in [-0.05, 0) is 6.92 Å². The minimum absolute atomic E-state index is 0.316. The number of rotatable bonds is 5. The Balaban J connectivity index is 1.84. The SMILES string of the molecule is CCOc1ncnc2c1ncn2O[C@H]1O[C@H](CO)[C@@H](O)[C@@H]1O. The molecule has 0 aromatic carbocycles. The van der Waals surface area contributed by atoms with E-state index in [1.165, 1.54) is 17.4 Å². The summed E-state index contributed by atoms with van der Waals surface area (Å²) in [5.41, 5.74) is 0.729. The van der Waals surface area contributed by atoms with E-state index in [1.807, 2.05) is 6.92 Å². The fraction of sp³-hybridized carbons (Fsp3) is 0.583. The summed E-state index contributed by atoms with van der Waals surface area (Å²) in [6, 6.07) is 0. The van der Waals surface area contributed by atoms with Gasteiger partial charge >= 0.3 is 0 Å². The van der Waals surface area contributed by atoms with Crippen molar-refractivity contribution in [3.8, 4) is 5.88 Å². The summed E-state index contributed by atoms with van der Waals surface area (Å²) in [4.78, 5) is 17.6. The Hall–Kier alpha value is -2.01. The van der Waals surface area contributed by atoms with E-state index in [9.17, 15) is 10.2 Å². The highest BCUT2D eigenvalue weighted by atomic mass is 16.8. The molecule has 3 N–H and O–H groups in total. The quantitative estimate of drug-likeness (QED) is 0.578. The van der Waals surface area contributed by atoms with E-state index in [-0.39, 0.29) is 0 Å². The van der Waals surface area contributed by atoms with Gasteiger partial charge in [0, 0.05) is 0 Å². The van der Waals surface area contributed by atoms with Gasteiger partial charge in [0.25, 0.3) is 6.29 Å². The number of hydrogen-bond donors (Lipinski definition) is 3. The maximum absolute atomic E-state index is 9.87. The van der Waals surface area contributed by atoms with Gasteiger partial charge in [0.15, 0.2) is 5.52 Å². The molecule has 1 aliphatic heterocycles. The zero-order valence-corrected chi connectivity index (χ0v) is 11.7. The average Bonchev–Trinajstić information content (AvgIpc) is 3.05. The van der Waals surface area contributed by atoms with Gasteiger partial charge in [0.2, 0.25) is 11.5 Å². The fourth-order valence-electron chi connectivity index (χ4n) is 2.18. The molecule has 0 radical (unpaired) electrons. The van der Waals surface area contributed by atoms with E-state index in [0.717, 1.165) is 0 Å². The lowest BCUT2D eigenvalue weighted by Gasteiger charge is -2.16.